The van der Waals surface area contributed by atoms with E-state index in [0.717, 1.165) is 68.0 Å². The number of hydrogen-bond acceptors (Lipinski definition) is 5. The number of guanidine groups is 1. The van der Waals surface area contributed by atoms with Crippen molar-refractivity contribution < 1.29 is 14.2 Å². The minimum atomic E-state index is -0.0461. The third-order valence-corrected chi connectivity index (χ3v) is 6.43. The third kappa shape index (κ3) is 5.14. The van der Waals surface area contributed by atoms with Gasteiger partial charge >= 0.3 is 0 Å². The predicted molar refractivity (Wildman–Crippen MR) is 135 cm³/mol. The van der Waals surface area contributed by atoms with E-state index in [1.54, 1.807) is 0 Å². The van der Waals surface area contributed by atoms with Gasteiger partial charge in [0.15, 0.2) is 17.5 Å². The molecule has 9 heteroatoms. The van der Waals surface area contributed by atoms with E-state index in [1.165, 1.54) is 11.1 Å². The normalized spacial score (nSPS) is 17.1. The van der Waals surface area contributed by atoms with E-state index in [1.807, 2.05) is 24.7 Å². The number of nitrogens with zero attached hydrogens (tertiary/aromatic N) is 3. The number of ether oxygens (including phenoxy) is 3. The van der Waals surface area contributed by atoms with E-state index in [0.29, 0.717) is 6.54 Å². The van der Waals surface area contributed by atoms with Crippen molar-refractivity contribution in [3.63, 3.8) is 0 Å². The van der Waals surface area contributed by atoms with Crippen molar-refractivity contribution >= 4 is 29.9 Å². The summed E-state index contributed by atoms with van der Waals surface area (Å²) in [6.45, 7) is 10.2. The maximum atomic E-state index is 5.69. The average Bonchev–Trinajstić information content (AvgIpc) is 3.34. The molecule has 0 aliphatic carbocycles. The van der Waals surface area contributed by atoms with Gasteiger partial charge in [-0.3, -0.25) is 4.68 Å². The molecule has 176 valence electrons. The number of halogens is 1. The molecule has 2 N–H and O–H groups in total. The Morgan fingerprint density at radius 2 is 1.91 bits per heavy atom. The van der Waals surface area contributed by atoms with Crippen LogP contribution in [-0.4, -0.2) is 48.8 Å². The second-order valence-electron chi connectivity index (χ2n) is 8.28. The van der Waals surface area contributed by atoms with Crippen LogP contribution in [0.1, 0.15) is 42.3 Å². The second kappa shape index (κ2) is 10.7. The van der Waals surface area contributed by atoms with E-state index in [9.17, 15) is 0 Å². The molecule has 0 spiro atoms. The van der Waals surface area contributed by atoms with Gasteiger partial charge in [-0.2, -0.15) is 5.10 Å². The number of rotatable bonds is 6. The van der Waals surface area contributed by atoms with E-state index in [-0.39, 0.29) is 36.2 Å². The largest absolute Gasteiger partial charge is 0.454 e. The van der Waals surface area contributed by atoms with Gasteiger partial charge in [0.05, 0.1) is 12.2 Å². The number of nitrogens with one attached hydrogen (secondary N) is 2. The van der Waals surface area contributed by atoms with Crippen molar-refractivity contribution in [2.75, 3.05) is 33.1 Å². The highest BCUT2D eigenvalue weighted by Crippen LogP contribution is 2.40. The standard InChI is InChI=1S/C23H33N5O3.HI/c1-5-24-22(25-13-19-16(2)27-28(4)17(19)3)26-14-23(8-10-29-11-9-23)18-6-7-20-21(12-18)31-15-30-20;/h6-7,12H,5,8-11,13-15H2,1-4H3,(H2,24,25,26);1H. The Morgan fingerprint density at radius 1 is 1.16 bits per heavy atom. The summed E-state index contributed by atoms with van der Waals surface area (Å²) in [5.41, 5.74) is 4.56. The Kier molecular flexibility index (Phi) is 8.26. The number of hydrogen-bond donors (Lipinski definition) is 2. The van der Waals surface area contributed by atoms with Crippen molar-refractivity contribution in [3.05, 3.63) is 40.7 Å². The number of benzene rings is 1. The lowest BCUT2D eigenvalue weighted by Crippen LogP contribution is -2.48. The molecule has 2 aromatic rings. The van der Waals surface area contributed by atoms with Crippen LogP contribution in [0.15, 0.2) is 23.2 Å². The number of aliphatic imine (C=N–C) groups is 1. The molecule has 0 unspecified atom stereocenters. The number of aromatic nitrogens is 2. The first-order chi connectivity index (χ1) is 15.0. The molecule has 0 bridgehead atoms. The number of aryl methyl sites for hydroxylation is 2. The predicted octanol–water partition coefficient (Wildman–Crippen LogP) is 3.19. The zero-order valence-corrected chi connectivity index (χ0v) is 21.7. The Balaban J connectivity index is 0.00000289. The van der Waals surface area contributed by atoms with Crippen LogP contribution in [0.2, 0.25) is 0 Å². The maximum Gasteiger partial charge on any atom is 0.231 e. The lowest BCUT2D eigenvalue weighted by atomic mass is 9.74. The lowest BCUT2D eigenvalue weighted by Gasteiger charge is -2.38. The first kappa shape index (κ1) is 24.6. The molecule has 8 nitrogen and oxygen atoms in total. The van der Waals surface area contributed by atoms with E-state index in [4.69, 9.17) is 19.2 Å². The Hall–Kier alpha value is -2.01. The van der Waals surface area contributed by atoms with Crippen LogP contribution in [0.3, 0.4) is 0 Å². The minimum Gasteiger partial charge on any atom is -0.454 e. The van der Waals surface area contributed by atoms with Crippen LogP contribution in [0, 0.1) is 13.8 Å². The highest BCUT2D eigenvalue weighted by molar-refractivity contribution is 14.0. The Labute approximate surface area is 207 Å². The van der Waals surface area contributed by atoms with Gasteiger partial charge in [0.1, 0.15) is 0 Å². The smallest absolute Gasteiger partial charge is 0.231 e. The van der Waals surface area contributed by atoms with Gasteiger partial charge in [0.2, 0.25) is 6.79 Å². The second-order valence-corrected chi connectivity index (χ2v) is 8.28. The fraction of sp³-hybridized carbons (Fsp3) is 0.565. The highest BCUT2D eigenvalue weighted by atomic mass is 127. The molecule has 32 heavy (non-hydrogen) atoms. The molecule has 0 atom stereocenters. The van der Waals surface area contributed by atoms with Crippen LogP contribution >= 0.6 is 24.0 Å². The van der Waals surface area contributed by atoms with Crippen LogP contribution in [-0.2, 0) is 23.7 Å². The number of fused-ring (bicyclic) bond motifs is 1. The summed E-state index contributed by atoms with van der Waals surface area (Å²) in [7, 11) is 1.97. The van der Waals surface area contributed by atoms with Crippen molar-refractivity contribution in [3.8, 4) is 11.5 Å². The van der Waals surface area contributed by atoms with E-state index < -0.39 is 0 Å². The molecule has 0 radical (unpaired) electrons. The molecule has 0 amide bonds. The van der Waals surface area contributed by atoms with Crippen LogP contribution in [0.25, 0.3) is 0 Å². The summed E-state index contributed by atoms with van der Waals surface area (Å²) in [6, 6.07) is 6.30. The Bertz CT molecular complexity index is 953. The maximum absolute atomic E-state index is 5.69. The summed E-state index contributed by atoms with van der Waals surface area (Å²) >= 11 is 0. The Morgan fingerprint density at radius 3 is 2.59 bits per heavy atom. The van der Waals surface area contributed by atoms with Crippen molar-refractivity contribution in [2.24, 2.45) is 12.0 Å². The van der Waals surface area contributed by atoms with Gasteiger partial charge in [-0.05, 0) is 51.3 Å². The molecule has 1 aromatic carbocycles. The van der Waals surface area contributed by atoms with Gasteiger partial charge in [-0.15, -0.1) is 24.0 Å². The van der Waals surface area contributed by atoms with E-state index >= 15 is 0 Å². The molecule has 4 rings (SSSR count). The average molecular weight is 555 g/mol. The third-order valence-electron chi connectivity index (χ3n) is 6.43. The summed E-state index contributed by atoms with van der Waals surface area (Å²) in [5, 5.41) is 11.5. The highest BCUT2D eigenvalue weighted by Gasteiger charge is 2.36. The summed E-state index contributed by atoms with van der Waals surface area (Å²) in [6.07, 6.45) is 1.89. The molecular weight excluding hydrogens is 521 g/mol. The van der Waals surface area contributed by atoms with Gasteiger partial charge in [0, 0.05) is 50.0 Å². The van der Waals surface area contributed by atoms with E-state index in [2.05, 4.69) is 41.7 Å². The van der Waals surface area contributed by atoms with Gasteiger partial charge in [0.25, 0.3) is 0 Å². The zero-order valence-electron chi connectivity index (χ0n) is 19.4. The fourth-order valence-corrected chi connectivity index (χ4v) is 4.36. The summed E-state index contributed by atoms with van der Waals surface area (Å²) in [4.78, 5) is 4.85. The van der Waals surface area contributed by atoms with Gasteiger partial charge in [-0.1, -0.05) is 6.07 Å². The molecule has 3 heterocycles. The van der Waals surface area contributed by atoms with Gasteiger partial charge in [-0.25, -0.2) is 4.99 Å². The fourth-order valence-electron chi connectivity index (χ4n) is 4.36. The summed E-state index contributed by atoms with van der Waals surface area (Å²) in [5.74, 6) is 2.46. The minimum absolute atomic E-state index is 0. The summed E-state index contributed by atoms with van der Waals surface area (Å²) < 4.78 is 18.7. The molecule has 2 aliphatic rings. The first-order valence-corrected chi connectivity index (χ1v) is 11.0. The SMILES string of the molecule is CCNC(=NCc1c(C)nn(C)c1C)NCC1(c2ccc3c(c2)OCO3)CCOCC1.I. The van der Waals surface area contributed by atoms with Crippen LogP contribution in [0.5, 0.6) is 11.5 Å². The molecule has 1 aromatic heterocycles. The van der Waals surface area contributed by atoms with Crippen molar-refractivity contribution in [1.29, 1.82) is 0 Å². The lowest BCUT2D eigenvalue weighted by molar-refractivity contribution is 0.0513. The van der Waals surface area contributed by atoms with Gasteiger partial charge < -0.3 is 24.8 Å². The molecule has 1 fully saturated rings. The molecular formula is C23H34IN5O3. The van der Waals surface area contributed by atoms with Crippen LogP contribution in [0.4, 0.5) is 0 Å². The topological polar surface area (TPSA) is 81.9 Å². The monoisotopic (exact) mass is 555 g/mol. The molecule has 2 aliphatic heterocycles. The molecule has 0 saturated carbocycles. The van der Waals surface area contributed by atoms with Crippen molar-refractivity contribution in [2.45, 2.75) is 45.6 Å². The van der Waals surface area contributed by atoms with Crippen molar-refractivity contribution in [1.82, 2.24) is 20.4 Å². The van der Waals surface area contributed by atoms with Crippen LogP contribution < -0.4 is 20.1 Å². The quantitative estimate of drug-likeness (QED) is 0.324. The first-order valence-electron chi connectivity index (χ1n) is 11.0. The zero-order chi connectivity index (χ0) is 21.8. The molecule has 1 saturated heterocycles.